The minimum Gasteiger partial charge on any atom is -0.364 e. The number of aromatic nitrogens is 2. The fourth-order valence-corrected chi connectivity index (χ4v) is 0.669. The first kappa shape index (κ1) is 11.2. The number of H-pyrrole nitrogens is 1. The molecule has 0 aliphatic heterocycles. The summed E-state index contributed by atoms with van der Waals surface area (Å²) >= 11 is 0. The van der Waals surface area contributed by atoms with Crippen LogP contribution in [0.4, 0.5) is 0 Å². The van der Waals surface area contributed by atoms with E-state index in [0.29, 0.717) is 0 Å². The van der Waals surface area contributed by atoms with Crippen molar-refractivity contribution in [3.8, 4) is 0 Å². The Bertz CT molecular complexity index is 280. The Morgan fingerprint density at radius 3 is 2.25 bits per heavy atom. The third-order valence-corrected chi connectivity index (χ3v) is 1.12. The molecule has 0 radical (unpaired) electrons. The zero-order valence-electron chi connectivity index (χ0n) is 6.50. The molecule has 0 spiro atoms. The molecule has 0 atom stereocenters. The predicted molar refractivity (Wildman–Crippen MR) is 35.6 cm³/mol. The largest absolute Gasteiger partial charge is 1.00 e. The molecule has 0 bridgehead atoms. The van der Waals surface area contributed by atoms with Gasteiger partial charge in [0, 0.05) is 0 Å². The second-order valence-corrected chi connectivity index (χ2v) is 1.85. The van der Waals surface area contributed by atoms with E-state index in [9.17, 15) is 9.59 Å². The van der Waals surface area contributed by atoms with Gasteiger partial charge in [-0.25, -0.2) is 4.98 Å². The number of carbonyl (C=O) groups excluding carboxylic acids is 2. The zero-order valence-corrected chi connectivity index (χ0v) is 8.50. The van der Waals surface area contributed by atoms with E-state index < -0.39 is 11.8 Å². The van der Waals surface area contributed by atoms with Crippen molar-refractivity contribution in [3.63, 3.8) is 0 Å². The van der Waals surface area contributed by atoms with Gasteiger partial charge in [-0.15, -0.1) is 0 Å². The minimum absolute atomic E-state index is 0. The molecule has 1 rings (SSSR count). The number of aromatic amines is 1. The summed E-state index contributed by atoms with van der Waals surface area (Å²) in [4.78, 5) is 27.0. The fraction of sp³-hybridized carbons (Fsp3) is 0. The van der Waals surface area contributed by atoms with Crippen LogP contribution < -0.4 is 41.0 Å². The minimum atomic E-state index is -0.778. The number of carbonyl (C=O) groups is 2. The molecular formula is C5H6N4NaO2+. The van der Waals surface area contributed by atoms with Gasteiger partial charge in [0.25, 0.3) is 11.8 Å². The molecule has 12 heavy (non-hydrogen) atoms. The summed E-state index contributed by atoms with van der Waals surface area (Å²) < 4.78 is 0. The summed E-state index contributed by atoms with van der Waals surface area (Å²) in [5, 5.41) is 0. The predicted octanol–water partition coefficient (Wildman–Crippen LogP) is -4.39. The zero-order chi connectivity index (χ0) is 8.43. The van der Waals surface area contributed by atoms with Gasteiger partial charge in [0.1, 0.15) is 5.69 Å². The van der Waals surface area contributed by atoms with Crippen LogP contribution >= 0.6 is 0 Å². The molecule has 0 unspecified atom stereocenters. The molecule has 5 N–H and O–H groups in total. The first-order valence-corrected chi connectivity index (χ1v) is 2.76. The summed E-state index contributed by atoms with van der Waals surface area (Å²) in [5.74, 6) is -1.53. The van der Waals surface area contributed by atoms with Gasteiger partial charge in [-0.3, -0.25) is 9.59 Å². The van der Waals surface area contributed by atoms with E-state index in [2.05, 4.69) is 9.97 Å². The summed E-state index contributed by atoms with van der Waals surface area (Å²) in [6.07, 6.45) is 1.18. The molecule has 0 saturated heterocycles. The smallest absolute Gasteiger partial charge is 0.364 e. The molecule has 0 aromatic carbocycles. The van der Waals surface area contributed by atoms with Crippen molar-refractivity contribution in [1.29, 1.82) is 0 Å². The van der Waals surface area contributed by atoms with E-state index in [0.717, 1.165) is 0 Å². The fourth-order valence-electron chi connectivity index (χ4n) is 0.669. The third-order valence-electron chi connectivity index (χ3n) is 1.12. The van der Waals surface area contributed by atoms with E-state index in [1.807, 2.05) is 0 Å². The molecule has 1 heterocycles. The second-order valence-electron chi connectivity index (χ2n) is 1.85. The molecule has 0 aliphatic carbocycles. The van der Waals surface area contributed by atoms with Gasteiger partial charge < -0.3 is 16.5 Å². The molecule has 0 aliphatic rings. The van der Waals surface area contributed by atoms with Crippen LogP contribution in [0.5, 0.6) is 0 Å². The van der Waals surface area contributed by atoms with Crippen LogP contribution in [0.15, 0.2) is 6.33 Å². The van der Waals surface area contributed by atoms with Crippen molar-refractivity contribution >= 4 is 11.8 Å². The summed E-state index contributed by atoms with van der Waals surface area (Å²) in [6, 6.07) is 0. The first-order chi connectivity index (χ1) is 5.13. The Hall–Kier alpha value is -0.850. The number of nitrogens with one attached hydrogen (secondary N) is 1. The normalized spacial score (nSPS) is 8.67. The van der Waals surface area contributed by atoms with Crippen molar-refractivity contribution in [2.24, 2.45) is 11.5 Å². The number of hydrogen-bond acceptors (Lipinski definition) is 3. The first-order valence-electron chi connectivity index (χ1n) is 2.76. The molecular weight excluding hydrogens is 171 g/mol. The second kappa shape index (κ2) is 4.24. The van der Waals surface area contributed by atoms with E-state index >= 15 is 0 Å². The van der Waals surface area contributed by atoms with Crippen LogP contribution in [-0.2, 0) is 0 Å². The summed E-state index contributed by atoms with van der Waals surface area (Å²) in [7, 11) is 0. The van der Waals surface area contributed by atoms with Gasteiger partial charge in [0.2, 0.25) is 0 Å². The number of rotatable bonds is 2. The maximum Gasteiger partial charge on any atom is 1.00 e. The molecule has 7 heteroatoms. The molecule has 6 nitrogen and oxygen atoms in total. The van der Waals surface area contributed by atoms with Crippen molar-refractivity contribution < 1.29 is 39.1 Å². The van der Waals surface area contributed by atoms with Gasteiger partial charge in [-0.1, -0.05) is 0 Å². The van der Waals surface area contributed by atoms with Crippen LogP contribution in [0, 0.1) is 0 Å². The number of imidazole rings is 1. The molecule has 1 aromatic rings. The number of amides is 2. The standard InChI is InChI=1S/C5H6N4O2.Na/c6-4(10)2-3(5(7)11)9-1-8-2;/h1H,(H2,6,10)(H2,7,11)(H,8,9);/q;+1. The van der Waals surface area contributed by atoms with E-state index in [-0.39, 0.29) is 40.9 Å². The van der Waals surface area contributed by atoms with Gasteiger partial charge in [0.05, 0.1) is 6.33 Å². The van der Waals surface area contributed by atoms with E-state index in [1.165, 1.54) is 6.33 Å². The molecule has 0 fully saturated rings. The van der Waals surface area contributed by atoms with Gasteiger partial charge in [0.15, 0.2) is 5.69 Å². The van der Waals surface area contributed by atoms with Crippen LogP contribution in [0.3, 0.4) is 0 Å². The maximum atomic E-state index is 10.5. The number of nitrogens with zero attached hydrogens (tertiary/aromatic N) is 1. The Morgan fingerprint density at radius 2 is 1.92 bits per heavy atom. The van der Waals surface area contributed by atoms with Crippen LogP contribution in [0.1, 0.15) is 21.0 Å². The van der Waals surface area contributed by atoms with Crippen LogP contribution in [0.25, 0.3) is 0 Å². The number of nitrogens with two attached hydrogens (primary N) is 2. The Labute approximate surface area is 90.0 Å². The number of hydrogen-bond donors (Lipinski definition) is 3. The summed E-state index contributed by atoms with van der Waals surface area (Å²) in [6.45, 7) is 0. The Kier molecular flexibility index (Phi) is 3.94. The average Bonchev–Trinajstić information content (AvgIpc) is 2.32. The Morgan fingerprint density at radius 1 is 1.33 bits per heavy atom. The van der Waals surface area contributed by atoms with Crippen molar-refractivity contribution in [2.45, 2.75) is 0 Å². The Balaban J connectivity index is 0.00000121. The van der Waals surface area contributed by atoms with Crippen LogP contribution in [-0.4, -0.2) is 21.8 Å². The topological polar surface area (TPSA) is 115 Å². The SMILES string of the molecule is NC(=O)c1nc[nH]c1C(N)=O.[Na+]. The molecule has 1 aromatic heterocycles. The van der Waals surface area contributed by atoms with Crippen molar-refractivity contribution in [2.75, 3.05) is 0 Å². The van der Waals surface area contributed by atoms with Gasteiger partial charge in [-0.2, -0.15) is 0 Å². The number of primary amides is 2. The van der Waals surface area contributed by atoms with E-state index in [1.54, 1.807) is 0 Å². The van der Waals surface area contributed by atoms with Gasteiger partial charge >= 0.3 is 29.6 Å². The van der Waals surface area contributed by atoms with Crippen LogP contribution in [0.2, 0.25) is 0 Å². The van der Waals surface area contributed by atoms with Gasteiger partial charge in [-0.05, 0) is 0 Å². The molecule has 58 valence electrons. The summed E-state index contributed by atoms with van der Waals surface area (Å²) in [5.41, 5.74) is 9.56. The van der Waals surface area contributed by atoms with Crippen molar-refractivity contribution in [3.05, 3.63) is 17.7 Å². The monoisotopic (exact) mass is 177 g/mol. The molecule has 2 amide bonds. The molecule has 0 saturated carbocycles. The quantitative estimate of drug-likeness (QED) is 0.396. The van der Waals surface area contributed by atoms with E-state index in [4.69, 9.17) is 11.5 Å². The maximum absolute atomic E-state index is 10.5. The van der Waals surface area contributed by atoms with Crippen molar-refractivity contribution in [1.82, 2.24) is 9.97 Å². The third kappa shape index (κ3) is 2.07. The average molecular weight is 177 g/mol.